The first-order valence-electron chi connectivity index (χ1n) is 8.21. The van der Waals surface area contributed by atoms with Gasteiger partial charge in [-0.05, 0) is 24.6 Å². The molecule has 0 spiro atoms. The quantitative estimate of drug-likeness (QED) is 0.730. The third-order valence-electron chi connectivity index (χ3n) is 4.66. The zero-order valence-corrected chi connectivity index (χ0v) is 16.1. The number of rotatable bonds is 5. The number of hydrogen-bond donors (Lipinski definition) is 1. The molecule has 1 saturated heterocycles. The van der Waals surface area contributed by atoms with Gasteiger partial charge in [-0.15, -0.1) is 0 Å². The molecule has 142 valence electrons. The van der Waals surface area contributed by atoms with Crippen LogP contribution in [0.4, 0.5) is 5.69 Å². The molecule has 2 heterocycles. The Morgan fingerprint density at radius 1 is 1.19 bits per heavy atom. The predicted molar refractivity (Wildman–Crippen MR) is 96.7 cm³/mol. The molecular weight excluding hydrogens is 378 g/mol. The molecule has 0 bridgehead atoms. The highest BCUT2D eigenvalue weighted by Gasteiger charge is 2.55. The minimum Gasteiger partial charge on any atom is -0.398 e. The van der Waals surface area contributed by atoms with Gasteiger partial charge in [0.05, 0.1) is 29.6 Å². The number of para-hydroxylation sites is 1. The van der Waals surface area contributed by atoms with Crippen molar-refractivity contribution in [1.29, 1.82) is 0 Å². The normalized spacial score (nSPS) is 24.0. The van der Waals surface area contributed by atoms with Crippen LogP contribution < -0.4 is 5.73 Å². The molecular formula is C16H21N3O5S2. The summed E-state index contributed by atoms with van der Waals surface area (Å²) in [5, 5.41) is 0. The molecule has 2 aliphatic rings. The van der Waals surface area contributed by atoms with Crippen LogP contribution in [0.1, 0.15) is 19.8 Å². The van der Waals surface area contributed by atoms with E-state index >= 15 is 0 Å². The molecule has 8 nitrogen and oxygen atoms in total. The van der Waals surface area contributed by atoms with E-state index in [0.717, 1.165) is 10.6 Å². The summed E-state index contributed by atoms with van der Waals surface area (Å²) in [4.78, 5) is 12.6. The smallest absolute Gasteiger partial charge is 0.246 e. The fourth-order valence-electron chi connectivity index (χ4n) is 3.62. The van der Waals surface area contributed by atoms with E-state index in [1.54, 1.807) is 12.1 Å². The Bertz CT molecular complexity index is 985. The molecule has 1 fully saturated rings. The van der Waals surface area contributed by atoms with Crippen molar-refractivity contribution in [2.45, 2.75) is 30.7 Å². The lowest BCUT2D eigenvalue weighted by atomic mass is 9.97. The Morgan fingerprint density at radius 2 is 1.85 bits per heavy atom. The highest BCUT2D eigenvalue weighted by Crippen LogP contribution is 2.42. The first-order valence-corrected chi connectivity index (χ1v) is 11.5. The number of nitrogens with two attached hydrogens (primary N) is 1. The van der Waals surface area contributed by atoms with E-state index in [1.165, 1.54) is 22.5 Å². The monoisotopic (exact) mass is 399 g/mol. The van der Waals surface area contributed by atoms with Crippen molar-refractivity contribution in [3.05, 3.63) is 36.0 Å². The van der Waals surface area contributed by atoms with Crippen LogP contribution in [0.25, 0.3) is 0 Å². The molecule has 0 unspecified atom stereocenters. The molecule has 0 saturated carbocycles. The van der Waals surface area contributed by atoms with Gasteiger partial charge < -0.3 is 5.73 Å². The summed E-state index contributed by atoms with van der Waals surface area (Å²) in [7, 11) is -7.81. The second kappa shape index (κ2) is 6.36. The minimum absolute atomic E-state index is 0.00379. The van der Waals surface area contributed by atoms with Crippen LogP contribution in [0.5, 0.6) is 0 Å². The maximum Gasteiger partial charge on any atom is 0.246 e. The number of fused-ring (bicyclic) bond motifs is 1. The molecule has 10 heteroatoms. The highest BCUT2D eigenvalue weighted by molar-refractivity contribution is 7.89. The van der Waals surface area contributed by atoms with Crippen molar-refractivity contribution in [2.75, 3.05) is 18.5 Å². The van der Waals surface area contributed by atoms with E-state index in [-0.39, 0.29) is 22.8 Å². The van der Waals surface area contributed by atoms with E-state index in [1.807, 2.05) is 6.92 Å². The maximum atomic E-state index is 13.1. The second-order valence-corrected chi connectivity index (χ2v) is 10.1. The molecule has 2 atom stereocenters. The molecule has 1 aromatic rings. The lowest BCUT2D eigenvalue weighted by Gasteiger charge is -2.26. The number of carbonyl (C=O) groups excluding carboxylic acids is 1. The van der Waals surface area contributed by atoms with Gasteiger partial charge in [-0.2, -0.15) is 4.31 Å². The van der Waals surface area contributed by atoms with Gasteiger partial charge in [-0.3, -0.25) is 4.79 Å². The zero-order chi connectivity index (χ0) is 19.3. The number of nitrogen functional groups attached to an aromatic ring is 1. The van der Waals surface area contributed by atoms with Gasteiger partial charge in [0.15, 0.2) is 0 Å². The van der Waals surface area contributed by atoms with Crippen molar-refractivity contribution in [3.8, 4) is 0 Å². The van der Waals surface area contributed by atoms with Crippen LogP contribution >= 0.6 is 0 Å². The zero-order valence-electron chi connectivity index (χ0n) is 14.5. The number of amides is 1. The number of nitrogens with zero attached hydrogens (tertiary/aromatic N) is 2. The van der Waals surface area contributed by atoms with Crippen LogP contribution in [0.15, 0.2) is 40.9 Å². The van der Waals surface area contributed by atoms with Crippen molar-refractivity contribution in [2.24, 2.45) is 5.92 Å². The van der Waals surface area contributed by atoms with Gasteiger partial charge in [0.1, 0.15) is 4.90 Å². The molecule has 0 radical (unpaired) electrons. The van der Waals surface area contributed by atoms with Crippen molar-refractivity contribution < 1.29 is 21.6 Å². The lowest BCUT2D eigenvalue weighted by Crippen LogP contribution is -2.41. The lowest BCUT2D eigenvalue weighted by molar-refractivity contribution is -0.127. The van der Waals surface area contributed by atoms with E-state index in [2.05, 4.69) is 0 Å². The summed E-state index contributed by atoms with van der Waals surface area (Å²) in [6.07, 6.45) is 3.46. The van der Waals surface area contributed by atoms with Gasteiger partial charge in [0.25, 0.3) is 0 Å². The van der Waals surface area contributed by atoms with E-state index < -0.39 is 37.9 Å². The Balaban J connectivity index is 2.09. The Hall–Kier alpha value is -1.91. The summed E-state index contributed by atoms with van der Waals surface area (Å²) < 4.78 is 52.4. The van der Waals surface area contributed by atoms with Crippen molar-refractivity contribution >= 4 is 31.6 Å². The predicted octanol–water partition coefficient (Wildman–Crippen LogP) is 0.744. The summed E-state index contributed by atoms with van der Waals surface area (Å²) in [6.45, 7) is 1.86. The average Bonchev–Trinajstić information content (AvgIpc) is 3.06. The fourth-order valence-corrected chi connectivity index (χ4v) is 6.35. The van der Waals surface area contributed by atoms with Crippen LogP contribution in [0.2, 0.25) is 0 Å². The minimum atomic E-state index is -3.98. The van der Waals surface area contributed by atoms with Gasteiger partial charge >= 0.3 is 0 Å². The molecule has 2 aliphatic heterocycles. The summed E-state index contributed by atoms with van der Waals surface area (Å²) >= 11 is 0. The SMILES string of the molecule is CCC[C@H]1C(=O)N(S(C)(=O)=O)C2=CCN(S(=O)(=O)c3ccccc3N)[C@@H]21. The number of benzene rings is 1. The highest BCUT2D eigenvalue weighted by atomic mass is 32.2. The molecule has 0 aromatic heterocycles. The summed E-state index contributed by atoms with van der Waals surface area (Å²) in [5.41, 5.74) is 6.16. The number of carbonyl (C=O) groups is 1. The summed E-state index contributed by atoms with van der Waals surface area (Å²) in [6, 6.07) is 5.26. The fraction of sp³-hybridized carbons (Fsp3) is 0.438. The van der Waals surface area contributed by atoms with Gasteiger partial charge in [-0.25, -0.2) is 21.1 Å². The molecule has 1 amide bonds. The van der Waals surface area contributed by atoms with Crippen LogP contribution in [-0.4, -0.2) is 50.2 Å². The Labute approximate surface area is 153 Å². The van der Waals surface area contributed by atoms with E-state index in [4.69, 9.17) is 5.73 Å². The molecule has 2 N–H and O–H groups in total. The van der Waals surface area contributed by atoms with Crippen LogP contribution in [0, 0.1) is 5.92 Å². The standard InChI is InChI=1S/C16H21N3O5S2/c1-3-6-11-15-13(19(16(11)20)25(2,21)22)9-10-18(15)26(23,24)14-8-5-4-7-12(14)17/h4-5,7-9,11,15H,3,6,10,17H2,1-2H3/t11-,15-/m1/s1. The average molecular weight is 399 g/mol. The second-order valence-electron chi connectivity index (χ2n) is 6.45. The molecule has 3 rings (SSSR count). The van der Waals surface area contributed by atoms with Crippen LogP contribution in [-0.2, 0) is 24.8 Å². The van der Waals surface area contributed by atoms with Gasteiger partial charge in [0.2, 0.25) is 26.0 Å². The first-order chi connectivity index (χ1) is 12.1. The topological polar surface area (TPSA) is 118 Å². The molecule has 1 aromatic carbocycles. The Morgan fingerprint density at radius 3 is 2.42 bits per heavy atom. The van der Waals surface area contributed by atoms with E-state index in [9.17, 15) is 21.6 Å². The van der Waals surface area contributed by atoms with Gasteiger partial charge in [0, 0.05) is 6.54 Å². The first kappa shape index (κ1) is 18.9. The third-order valence-corrected chi connectivity index (χ3v) is 7.64. The largest absolute Gasteiger partial charge is 0.398 e. The molecule has 0 aliphatic carbocycles. The molecule has 26 heavy (non-hydrogen) atoms. The van der Waals surface area contributed by atoms with Crippen molar-refractivity contribution in [3.63, 3.8) is 0 Å². The maximum absolute atomic E-state index is 13.1. The third kappa shape index (κ3) is 2.81. The van der Waals surface area contributed by atoms with Crippen molar-refractivity contribution in [1.82, 2.24) is 8.61 Å². The van der Waals surface area contributed by atoms with E-state index in [0.29, 0.717) is 12.8 Å². The summed E-state index contributed by atoms with van der Waals surface area (Å²) in [5.74, 6) is -1.31. The Kier molecular flexibility index (Phi) is 4.62. The van der Waals surface area contributed by atoms with Gasteiger partial charge in [-0.1, -0.05) is 25.5 Å². The number of hydrogen-bond acceptors (Lipinski definition) is 6. The number of sulfonamides is 2. The number of anilines is 1. The van der Waals surface area contributed by atoms with Crippen LogP contribution in [0.3, 0.4) is 0 Å².